The minimum absolute atomic E-state index is 0.0495. The van der Waals surface area contributed by atoms with Crippen LogP contribution in [-0.4, -0.2) is 63.8 Å². The van der Waals surface area contributed by atoms with Gasteiger partial charge in [-0.1, -0.05) is 36.5 Å². The number of carbonyl (C=O) groups is 1. The predicted octanol–water partition coefficient (Wildman–Crippen LogP) is 3.70. The molecule has 0 saturated heterocycles. The third-order valence-corrected chi connectivity index (χ3v) is 7.58. The monoisotopic (exact) mass is 461 g/mol. The lowest BCUT2D eigenvalue weighted by Crippen LogP contribution is -2.37. The maximum absolute atomic E-state index is 13.6. The van der Waals surface area contributed by atoms with Crippen LogP contribution in [0.5, 0.6) is 5.75 Å². The highest BCUT2D eigenvalue weighted by Crippen LogP contribution is 2.35. The number of likely N-dealkylation sites (N-methyl/N-ethyl adjacent to an activating group) is 1. The zero-order chi connectivity index (χ0) is 22.6. The number of hydrogen-bond donors (Lipinski definition) is 0. The van der Waals surface area contributed by atoms with E-state index in [1.165, 1.54) is 17.4 Å². The summed E-state index contributed by atoms with van der Waals surface area (Å²) in [6.07, 6.45) is 0. The van der Waals surface area contributed by atoms with Crippen LogP contribution in [0, 0.1) is 0 Å². The van der Waals surface area contributed by atoms with E-state index in [1.54, 1.807) is 30.0 Å². The van der Waals surface area contributed by atoms with Crippen molar-refractivity contribution in [2.45, 2.75) is 18.7 Å². The first-order valence-corrected chi connectivity index (χ1v) is 12.6. The maximum Gasteiger partial charge on any atom is 0.261 e. The summed E-state index contributed by atoms with van der Waals surface area (Å²) in [5, 5.41) is 0.512. The van der Waals surface area contributed by atoms with E-state index in [1.807, 2.05) is 44.1 Å². The topological polar surface area (TPSA) is 79.8 Å². The molecule has 0 bridgehead atoms. The van der Waals surface area contributed by atoms with Crippen LogP contribution in [0.25, 0.3) is 10.2 Å². The van der Waals surface area contributed by atoms with Gasteiger partial charge in [0.25, 0.3) is 5.91 Å². The van der Waals surface area contributed by atoms with E-state index in [0.29, 0.717) is 36.1 Å². The number of nitrogens with zero attached hydrogens (tertiary/aromatic N) is 3. The number of amides is 1. The van der Waals surface area contributed by atoms with Crippen LogP contribution >= 0.6 is 11.3 Å². The predicted molar refractivity (Wildman–Crippen MR) is 125 cm³/mol. The lowest BCUT2D eigenvalue weighted by atomic mass is 10.2. The SMILES string of the molecule is CCOc1cccc2sc(N(CCN(C)C)C(=O)c3ccccc3S(=O)(=O)CC)nc12. The first kappa shape index (κ1) is 23.2. The molecule has 3 aromatic rings. The molecule has 0 aliphatic carbocycles. The van der Waals surface area contributed by atoms with E-state index in [4.69, 9.17) is 9.72 Å². The third-order valence-electron chi connectivity index (χ3n) is 4.75. The molecule has 2 aromatic carbocycles. The Balaban J connectivity index is 2.10. The van der Waals surface area contributed by atoms with Gasteiger partial charge >= 0.3 is 0 Å². The summed E-state index contributed by atoms with van der Waals surface area (Å²) in [7, 11) is 0.286. The zero-order valence-corrected chi connectivity index (χ0v) is 19.8. The van der Waals surface area contributed by atoms with Crippen molar-refractivity contribution in [1.29, 1.82) is 0 Å². The molecular weight excluding hydrogens is 434 g/mol. The van der Waals surface area contributed by atoms with Gasteiger partial charge in [0.2, 0.25) is 0 Å². The molecule has 0 aliphatic rings. The molecule has 1 aromatic heterocycles. The number of hydrogen-bond acceptors (Lipinski definition) is 7. The molecule has 0 aliphatic heterocycles. The molecule has 0 radical (unpaired) electrons. The molecule has 0 N–H and O–H groups in total. The molecule has 0 atom stereocenters. The second-order valence-electron chi connectivity index (χ2n) is 7.19. The van der Waals surface area contributed by atoms with Crippen molar-refractivity contribution in [3.8, 4) is 5.75 Å². The number of rotatable bonds is 9. The van der Waals surface area contributed by atoms with Gasteiger partial charge in [-0.3, -0.25) is 9.69 Å². The molecule has 0 saturated carbocycles. The van der Waals surface area contributed by atoms with Crippen molar-refractivity contribution in [3.63, 3.8) is 0 Å². The number of anilines is 1. The second-order valence-corrected chi connectivity index (χ2v) is 10.4. The van der Waals surface area contributed by atoms with Gasteiger partial charge in [-0.05, 0) is 45.3 Å². The summed E-state index contributed by atoms with van der Waals surface area (Å²) in [5.41, 5.74) is 0.855. The average molecular weight is 462 g/mol. The Hall–Kier alpha value is -2.49. The molecule has 166 valence electrons. The fraction of sp³-hybridized carbons (Fsp3) is 0.364. The molecule has 31 heavy (non-hydrogen) atoms. The van der Waals surface area contributed by atoms with Crippen LogP contribution in [0.1, 0.15) is 24.2 Å². The molecule has 0 unspecified atom stereocenters. The summed E-state index contributed by atoms with van der Waals surface area (Å²) in [4.78, 5) is 21.9. The molecule has 3 rings (SSSR count). The largest absolute Gasteiger partial charge is 0.492 e. The van der Waals surface area contributed by atoms with Crippen LogP contribution in [0.2, 0.25) is 0 Å². The molecule has 7 nitrogen and oxygen atoms in total. The number of ether oxygens (including phenoxy) is 1. The van der Waals surface area contributed by atoms with Gasteiger partial charge in [-0.25, -0.2) is 13.4 Å². The fourth-order valence-corrected chi connectivity index (χ4v) is 5.19. The minimum atomic E-state index is -3.55. The smallest absolute Gasteiger partial charge is 0.261 e. The van der Waals surface area contributed by atoms with Gasteiger partial charge in [-0.2, -0.15) is 0 Å². The van der Waals surface area contributed by atoms with Gasteiger partial charge in [-0.15, -0.1) is 0 Å². The van der Waals surface area contributed by atoms with E-state index in [9.17, 15) is 13.2 Å². The van der Waals surface area contributed by atoms with Crippen molar-refractivity contribution < 1.29 is 17.9 Å². The third kappa shape index (κ3) is 5.06. The summed E-state index contributed by atoms with van der Waals surface area (Å²) in [6, 6.07) is 12.0. The number of thiazole rings is 1. The highest BCUT2D eigenvalue weighted by atomic mass is 32.2. The van der Waals surface area contributed by atoms with E-state index in [0.717, 1.165) is 4.70 Å². The van der Waals surface area contributed by atoms with Crippen molar-refractivity contribution in [3.05, 3.63) is 48.0 Å². The summed E-state index contributed by atoms with van der Waals surface area (Å²) in [5.74, 6) is 0.205. The first-order valence-electron chi connectivity index (χ1n) is 10.1. The van der Waals surface area contributed by atoms with Crippen molar-refractivity contribution in [1.82, 2.24) is 9.88 Å². The number of sulfone groups is 1. The highest BCUT2D eigenvalue weighted by molar-refractivity contribution is 7.91. The summed E-state index contributed by atoms with van der Waals surface area (Å²) in [6.45, 7) is 4.96. The van der Waals surface area contributed by atoms with Crippen LogP contribution in [0.4, 0.5) is 5.13 Å². The Morgan fingerprint density at radius 2 is 1.81 bits per heavy atom. The Bertz CT molecular complexity index is 1170. The van der Waals surface area contributed by atoms with Crippen LogP contribution < -0.4 is 9.64 Å². The number of aromatic nitrogens is 1. The lowest BCUT2D eigenvalue weighted by molar-refractivity contribution is 0.0982. The first-order chi connectivity index (χ1) is 14.8. The van der Waals surface area contributed by atoms with Gasteiger partial charge in [0.05, 0.1) is 27.5 Å². The number of benzene rings is 2. The van der Waals surface area contributed by atoms with E-state index in [-0.39, 0.29) is 22.1 Å². The Labute approximate surface area is 187 Å². The van der Waals surface area contributed by atoms with Crippen LogP contribution in [-0.2, 0) is 9.84 Å². The van der Waals surface area contributed by atoms with Gasteiger partial charge in [0.1, 0.15) is 11.3 Å². The van der Waals surface area contributed by atoms with Gasteiger partial charge < -0.3 is 9.64 Å². The van der Waals surface area contributed by atoms with E-state index in [2.05, 4.69) is 0 Å². The standard InChI is InChI=1S/C22H27N3O4S2/c1-5-29-17-11-9-12-18-20(17)23-22(30-18)25(15-14-24(3)4)21(26)16-10-7-8-13-19(16)31(27,28)6-2/h7-13H,5-6,14-15H2,1-4H3. The van der Waals surface area contributed by atoms with E-state index >= 15 is 0 Å². The van der Waals surface area contributed by atoms with Gasteiger partial charge in [0, 0.05) is 13.1 Å². The lowest BCUT2D eigenvalue weighted by Gasteiger charge is -2.23. The quantitative estimate of drug-likeness (QED) is 0.483. The second kappa shape index (κ2) is 9.76. The Morgan fingerprint density at radius 3 is 2.48 bits per heavy atom. The fourth-order valence-electron chi connectivity index (χ4n) is 3.10. The maximum atomic E-state index is 13.6. The Kier molecular flexibility index (Phi) is 7.30. The molecule has 1 heterocycles. The van der Waals surface area contributed by atoms with Gasteiger partial charge in [0.15, 0.2) is 15.0 Å². The average Bonchev–Trinajstić information content (AvgIpc) is 3.18. The highest BCUT2D eigenvalue weighted by Gasteiger charge is 2.27. The Morgan fingerprint density at radius 1 is 1.06 bits per heavy atom. The number of carbonyl (C=O) groups excluding carboxylic acids is 1. The number of para-hydroxylation sites is 1. The molecule has 1 amide bonds. The molecule has 9 heteroatoms. The number of fused-ring (bicyclic) bond motifs is 1. The minimum Gasteiger partial charge on any atom is -0.492 e. The molecular formula is C22H27N3O4S2. The molecule has 0 spiro atoms. The van der Waals surface area contributed by atoms with Crippen molar-refractivity contribution in [2.75, 3.05) is 44.4 Å². The van der Waals surface area contributed by atoms with Crippen LogP contribution in [0.15, 0.2) is 47.4 Å². The zero-order valence-electron chi connectivity index (χ0n) is 18.2. The van der Waals surface area contributed by atoms with Crippen LogP contribution in [0.3, 0.4) is 0 Å². The normalized spacial score (nSPS) is 11.8. The summed E-state index contributed by atoms with van der Waals surface area (Å²) >= 11 is 1.39. The summed E-state index contributed by atoms with van der Waals surface area (Å²) < 4.78 is 31.8. The molecule has 0 fully saturated rings. The van der Waals surface area contributed by atoms with Crippen molar-refractivity contribution in [2.24, 2.45) is 0 Å². The van der Waals surface area contributed by atoms with E-state index < -0.39 is 9.84 Å². The van der Waals surface area contributed by atoms with Crippen molar-refractivity contribution >= 4 is 42.4 Å².